The molecule has 9 heteroatoms. The maximum Gasteiger partial charge on any atom is 0.417 e. The van der Waals surface area contributed by atoms with E-state index < -0.39 is 17.4 Å². The number of hydrogen-bond acceptors (Lipinski definition) is 5. The number of aromatic amines is 1. The Kier molecular flexibility index (Phi) is 4.82. The fourth-order valence-corrected chi connectivity index (χ4v) is 3.27. The first kappa shape index (κ1) is 18.2. The van der Waals surface area contributed by atoms with Crippen LogP contribution in [0.1, 0.15) is 0 Å². The van der Waals surface area contributed by atoms with Crippen molar-refractivity contribution < 1.29 is 18.0 Å². The molecule has 146 valence electrons. The average molecular weight is 388 g/mol. The Morgan fingerprint density at radius 2 is 1.86 bits per heavy atom. The van der Waals surface area contributed by atoms with Crippen LogP contribution < -0.4 is 16.0 Å². The Morgan fingerprint density at radius 1 is 1.07 bits per heavy atom. The maximum atomic E-state index is 13.4. The van der Waals surface area contributed by atoms with Crippen molar-refractivity contribution >= 4 is 28.4 Å². The lowest BCUT2D eigenvalue weighted by Crippen LogP contribution is -2.48. The molecule has 0 bridgehead atoms. The third-order valence-electron chi connectivity index (χ3n) is 4.71. The van der Waals surface area contributed by atoms with Crippen molar-refractivity contribution in [3.63, 3.8) is 0 Å². The molecule has 2 heterocycles. The van der Waals surface area contributed by atoms with Crippen LogP contribution in [-0.4, -0.2) is 48.5 Å². The van der Waals surface area contributed by atoms with Crippen molar-refractivity contribution in [2.24, 2.45) is 0 Å². The molecule has 2 aromatic carbocycles. The van der Waals surface area contributed by atoms with Gasteiger partial charge in [0, 0.05) is 49.7 Å². The summed E-state index contributed by atoms with van der Waals surface area (Å²) in [5.74, 6) is -2.46. The van der Waals surface area contributed by atoms with E-state index in [1.807, 2.05) is 9.80 Å². The molecule has 0 atom stereocenters. The predicted octanol–water partition coefficient (Wildman–Crippen LogP) is 2.16. The van der Waals surface area contributed by atoms with Crippen molar-refractivity contribution in [3.05, 3.63) is 58.6 Å². The maximum absolute atomic E-state index is 13.4. The van der Waals surface area contributed by atoms with Crippen LogP contribution in [0.3, 0.4) is 0 Å². The zero-order valence-corrected chi connectivity index (χ0v) is 14.9. The normalized spacial score (nSPS) is 15.1. The van der Waals surface area contributed by atoms with Gasteiger partial charge in [0.15, 0.2) is 17.2 Å². The number of hydrogen-bond donors (Lipinski definition) is 2. The number of amides is 1. The summed E-state index contributed by atoms with van der Waals surface area (Å²) in [6.45, 7) is 2.68. The van der Waals surface area contributed by atoms with E-state index in [0.29, 0.717) is 48.7 Å². The Balaban J connectivity index is 1.31. The molecule has 4 rings (SSSR count). The topological polar surface area (TPSA) is 81.6 Å². The van der Waals surface area contributed by atoms with Gasteiger partial charge in [-0.2, -0.15) is 0 Å². The van der Waals surface area contributed by atoms with Crippen LogP contribution in [0, 0.1) is 11.6 Å². The van der Waals surface area contributed by atoms with Crippen LogP contribution in [0.4, 0.5) is 20.2 Å². The molecule has 0 spiro atoms. The van der Waals surface area contributed by atoms with E-state index in [1.165, 1.54) is 6.07 Å². The second-order valence-electron chi connectivity index (χ2n) is 6.64. The van der Waals surface area contributed by atoms with E-state index in [0.717, 1.165) is 6.07 Å². The van der Waals surface area contributed by atoms with E-state index in [9.17, 15) is 18.4 Å². The minimum Gasteiger partial charge on any atom is -0.408 e. The summed E-state index contributed by atoms with van der Waals surface area (Å²) in [5, 5.41) is 2.79. The summed E-state index contributed by atoms with van der Waals surface area (Å²) in [6, 6.07) is 8.80. The van der Waals surface area contributed by atoms with Crippen LogP contribution in [0.5, 0.6) is 0 Å². The third kappa shape index (κ3) is 3.89. The molecule has 3 aromatic rings. The summed E-state index contributed by atoms with van der Waals surface area (Å²) in [7, 11) is 0. The van der Waals surface area contributed by atoms with Crippen molar-refractivity contribution in [1.82, 2.24) is 9.88 Å². The van der Waals surface area contributed by atoms with Gasteiger partial charge in [-0.05, 0) is 24.3 Å². The molecule has 0 aliphatic carbocycles. The number of aromatic nitrogens is 1. The number of benzene rings is 2. The van der Waals surface area contributed by atoms with Crippen molar-refractivity contribution in [2.45, 2.75) is 0 Å². The number of H-pyrrole nitrogens is 1. The molecular weight excluding hydrogens is 370 g/mol. The third-order valence-corrected chi connectivity index (χ3v) is 4.71. The van der Waals surface area contributed by atoms with Crippen LogP contribution in [-0.2, 0) is 4.79 Å². The van der Waals surface area contributed by atoms with E-state index >= 15 is 0 Å². The first-order valence-corrected chi connectivity index (χ1v) is 8.83. The Morgan fingerprint density at radius 3 is 2.61 bits per heavy atom. The van der Waals surface area contributed by atoms with Gasteiger partial charge in [0.2, 0.25) is 5.91 Å². The Hall–Kier alpha value is -3.20. The highest BCUT2D eigenvalue weighted by atomic mass is 19.2. The summed E-state index contributed by atoms with van der Waals surface area (Å²) < 4.78 is 31.4. The molecule has 0 radical (unpaired) electrons. The number of anilines is 2. The molecule has 1 fully saturated rings. The van der Waals surface area contributed by atoms with Gasteiger partial charge in [-0.3, -0.25) is 14.7 Å². The monoisotopic (exact) mass is 388 g/mol. The molecular formula is C19H18F2N4O3. The molecule has 1 amide bonds. The highest BCUT2D eigenvalue weighted by Crippen LogP contribution is 2.20. The van der Waals surface area contributed by atoms with E-state index in [-0.39, 0.29) is 12.5 Å². The number of piperazine rings is 1. The number of oxazole rings is 1. The highest BCUT2D eigenvalue weighted by molar-refractivity contribution is 5.94. The summed E-state index contributed by atoms with van der Waals surface area (Å²) in [4.78, 5) is 30.0. The van der Waals surface area contributed by atoms with Crippen molar-refractivity contribution in [2.75, 3.05) is 42.9 Å². The molecule has 0 saturated carbocycles. The van der Waals surface area contributed by atoms with Crippen LogP contribution in [0.25, 0.3) is 11.1 Å². The smallest absolute Gasteiger partial charge is 0.408 e. The van der Waals surface area contributed by atoms with Crippen molar-refractivity contribution in [3.8, 4) is 0 Å². The molecule has 1 aliphatic heterocycles. The number of halogens is 2. The lowest BCUT2D eigenvalue weighted by molar-refractivity contribution is -0.117. The SMILES string of the molecule is O=C(CN1CCN(c2ccc(F)c(F)c2)CC1)Nc1ccc2[nH]c(=O)oc2c1. The first-order chi connectivity index (χ1) is 13.5. The largest absolute Gasteiger partial charge is 0.417 e. The fourth-order valence-electron chi connectivity index (χ4n) is 3.27. The minimum atomic E-state index is -0.866. The van der Waals surface area contributed by atoms with Crippen LogP contribution >= 0.6 is 0 Å². The predicted molar refractivity (Wildman–Crippen MR) is 100 cm³/mol. The van der Waals surface area contributed by atoms with E-state index in [2.05, 4.69) is 10.3 Å². The van der Waals surface area contributed by atoms with Gasteiger partial charge in [0.1, 0.15) is 0 Å². The number of carbonyl (C=O) groups excluding carboxylic acids is 1. The molecule has 28 heavy (non-hydrogen) atoms. The van der Waals surface area contributed by atoms with Crippen LogP contribution in [0.2, 0.25) is 0 Å². The quantitative estimate of drug-likeness (QED) is 0.716. The highest BCUT2D eigenvalue weighted by Gasteiger charge is 2.20. The molecule has 1 saturated heterocycles. The molecule has 1 aromatic heterocycles. The Labute approximate surface area is 158 Å². The van der Waals surface area contributed by atoms with Gasteiger partial charge in [-0.1, -0.05) is 0 Å². The second-order valence-corrected chi connectivity index (χ2v) is 6.64. The number of nitrogens with zero attached hydrogens (tertiary/aromatic N) is 2. The Bertz CT molecular complexity index is 1070. The number of fused-ring (bicyclic) bond motifs is 1. The summed E-state index contributed by atoms with van der Waals surface area (Å²) >= 11 is 0. The second kappa shape index (κ2) is 7.43. The average Bonchev–Trinajstić information content (AvgIpc) is 3.04. The summed E-state index contributed by atoms with van der Waals surface area (Å²) in [6.07, 6.45) is 0. The van der Waals surface area contributed by atoms with E-state index in [1.54, 1.807) is 24.3 Å². The zero-order valence-electron chi connectivity index (χ0n) is 14.9. The van der Waals surface area contributed by atoms with Gasteiger partial charge in [0.05, 0.1) is 12.1 Å². The lowest BCUT2D eigenvalue weighted by atomic mass is 10.2. The zero-order chi connectivity index (χ0) is 19.7. The van der Waals surface area contributed by atoms with Gasteiger partial charge in [0.25, 0.3) is 0 Å². The molecule has 1 aliphatic rings. The van der Waals surface area contributed by atoms with Gasteiger partial charge >= 0.3 is 5.76 Å². The van der Waals surface area contributed by atoms with Gasteiger partial charge < -0.3 is 14.6 Å². The summed E-state index contributed by atoms with van der Waals surface area (Å²) in [5.41, 5.74) is 2.12. The molecule has 0 unspecified atom stereocenters. The van der Waals surface area contributed by atoms with E-state index in [4.69, 9.17) is 4.42 Å². The molecule has 2 N–H and O–H groups in total. The number of carbonyl (C=O) groups is 1. The fraction of sp³-hybridized carbons (Fsp3) is 0.263. The van der Waals surface area contributed by atoms with Gasteiger partial charge in [-0.25, -0.2) is 13.6 Å². The first-order valence-electron chi connectivity index (χ1n) is 8.83. The van der Waals surface area contributed by atoms with Gasteiger partial charge in [-0.15, -0.1) is 0 Å². The lowest BCUT2D eigenvalue weighted by Gasteiger charge is -2.35. The minimum absolute atomic E-state index is 0.182. The molecule has 7 nitrogen and oxygen atoms in total. The standard InChI is InChI=1S/C19H18F2N4O3/c20-14-3-2-13(10-15(14)21)25-7-5-24(6-8-25)11-18(26)22-12-1-4-16-17(9-12)28-19(27)23-16/h1-4,9-10H,5-8,11H2,(H,22,26)(H,23,27). The van der Waals surface area contributed by atoms with Crippen LogP contribution in [0.15, 0.2) is 45.6 Å². The number of nitrogens with one attached hydrogen (secondary N) is 2. The number of rotatable bonds is 4. The van der Waals surface area contributed by atoms with Crippen molar-refractivity contribution in [1.29, 1.82) is 0 Å².